The number of carbonyl (C=O) groups is 3. The number of alkyl halides is 3. The Balaban J connectivity index is 1.62. The molecule has 37 heavy (non-hydrogen) atoms. The van der Waals surface area contributed by atoms with E-state index in [0.29, 0.717) is 11.8 Å². The first-order chi connectivity index (χ1) is 17.5. The first kappa shape index (κ1) is 26.3. The number of ether oxygens (including phenoxy) is 1. The summed E-state index contributed by atoms with van der Waals surface area (Å²) in [6, 6.07) is 1.75. The van der Waals surface area contributed by atoms with Crippen molar-refractivity contribution in [3.8, 4) is 0 Å². The molecule has 3 unspecified atom stereocenters. The van der Waals surface area contributed by atoms with Crippen LogP contribution in [0.15, 0.2) is 46.6 Å². The third-order valence-electron chi connectivity index (χ3n) is 9.69. The number of hydrogen-bond acceptors (Lipinski definition) is 7. The molecule has 200 valence electrons. The summed E-state index contributed by atoms with van der Waals surface area (Å²) in [5.41, 5.74) is -6.39. The molecule has 4 aliphatic carbocycles. The van der Waals surface area contributed by atoms with E-state index >= 15 is 8.78 Å². The highest BCUT2D eigenvalue weighted by molar-refractivity contribution is 8.13. The zero-order valence-corrected chi connectivity index (χ0v) is 21.4. The van der Waals surface area contributed by atoms with Gasteiger partial charge in [-0.2, -0.15) is 0 Å². The Morgan fingerprint density at radius 3 is 2.65 bits per heavy atom. The van der Waals surface area contributed by atoms with Crippen LogP contribution in [-0.2, 0) is 14.3 Å². The van der Waals surface area contributed by atoms with Gasteiger partial charge in [0, 0.05) is 22.7 Å². The van der Waals surface area contributed by atoms with Crippen molar-refractivity contribution in [2.75, 3.05) is 12.6 Å². The summed E-state index contributed by atoms with van der Waals surface area (Å²) in [6.07, 6.45) is 3.38. The molecular formula is C27H29F3O6S. The van der Waals surface area contributed by atoms with Crippen LogP contribution in [0.25, 0.3) is 0 Å². The summed E-state index contributed by atoms with van der Waals surface area (Å²) in [4.78, 5) is 38.7. The van der Waals surface area contributed by atoms with Gasteiger partial charge in [0.15, 0.2) is 11.4 Å². The van der Waals surface area contributed by atoms with E-state index in [9.17, 15) is 23.9 Å². The first-order valence-electron chi connectivity index (χ1n) is 12.4. The second kappa shape index (κ2) is 8.86. The van der Waals surface area contributed by atoms with Crippen molar-refractivity contribution in [1.82, 2.24) is 0 Å². The molecule has 10 heteroatoms. The van der Waals surface area contributed by atoms with Crippen molar-refractivity contribution in [2.45, 2.75) is 57.0 Å². The van der Waals surface area contributed by atoms with Crippen LogP contribution in [0.3, 0.4) is 0 Å². The third kappa shape index (κ3) is 3.40. The minimum atomic E-state index is -1.98. The molecule has 3 saturated carbocycles. The molecule has 0 radical (unpaired) electrons. The standard InChI is InChI=1S/C27H29F3O6S/c1-24-6-5-16(32)11-19(24)20(29)12-18-17-10-15(13-31)27(23(34)37-14-28,25(17,2)7-8-26(18,24)30)36-22(33)21-4-3-9-35-21/h3-6,9,11,15,17-18,20,31H,7-8,10,12-14H2,1-2H3/t15-,17?,18?,20-,24-,25-,26?,27-/m0/s1. The van der Waals surface area contributed by atoms with Crippen LogP contribution in [0, 0.1) is 28.6 Å². The Labute approximate surface area is 216 Å². The van der Waals surface area contributed by atoms with E-state index < -0.39 is 75.5 Å². The molecule has 4 aliphatic rings. The molecule has 6 nitrogen and oxygen atoms in total. The molecule has 0 bridgehead atoms. The van der Waals surface area contributed by atoms with Crippen LogP contribution in [0.5, 0.6) is 0 Å². The van der Waals surface area contributed by atoms with E-state index in [1.165, 1.54) is 36.6 Å². The largest absolute Gasteiger partial charge is 0.457 e. The van der Waals surface area contributed by atoms with Crippen LogP contribution in [-0.4, -0.2) is 52.0 Å². The molecule has 0 saturated heterocycles. The monoisotopic (exact) mass is 538 g/mol. The number of fused-ring (bicyclic) bond motifs is 5. The van der Waals surface area contributed by atoms with Gasteiger partial charge in [0.1, 0.15) is 17.8 Å². The van der Waals surface area contributed by atoms with Gasteiger partial charge in [0.25, 0.3) is 0 Å². The number of thioether (sulfide) groups is 1. The van der Waals surface area contributed by atoms with Gasteiger partial charge < -0.3 is 14.3 Å². The summed E-state index contributed by atoms with van der Waals surface area (Å²) in [7, 11) is 0. The first-order valence-corrected chi connectivity index (χ1v) is 13.4. The van der Waals surface area contributed by atoms with E-state index in [0.717, 1.165) is 0 Å². The molecule has 3 fully saturated rings. The van der Waals surface area contributed by atoms with Gasteiger partial charge in [-0.15, -0.1) is 0 Å². The fourth-order valence-corrected chi connectivity index (χ4v) is 8.58. The molecule has 1 heterocycles. The van der Waals surface area contributed by atoms with Crippen molar-refractivity contribution < 1.29 is 41.8 Å². The minimum Gasteiger partial charge on any atom is -0.457 e. The minimum absolute atomic E-state index is 0.0623. The van der Waals surface area contributed by atoms with Gasteiger partial charge in [-0.25, -0.2) is 18.0 Å². The van der Waals surface area contributed by atoms with E-state index in [4.69, 9.17) is 9.15 Å². The van der Waals surface area contributed by atoms with Gasteiger partial charge in [-0.1, -0.05) is 13.0 Å². The highest BCUT2D eigenvalue weighted by Gasteiger charge is 2.76. The van der Waals surface area contributed by atoms with Crippen molar-refractivity contribution >= 4 is 28.6 Å². The SMILES string of the molecule is C[C@]12C=CC(=O)C=C1[C@@H](F)CC1C3C[C@@H](CO)[C@](OC(=O)c4ccco4)(C(=O)SCF)[C@@]3(C)CCC12F. The highest BCUT2D eigenvalue weighted by Crippen LogP contribution is 2.72. The number of halogens is 3. The molecular weight excluding hydrogens is 509 g/mol. The Morgan fingerprint density at radius 1 is 1.24 bits per heavy atom. The fraction of sp³-hybridized carbons (Fsp3) is 0.593. The maximum Gasteiger partial charge on any atom is 0.375 e. The molecule has 1 aromatic rings. The lowest BCUT2D eigenvalue weighted by Gasteiger charge is -2.61. The summed E-state index contributed by atoms with van der Waals surface area (Å²) in [6.45, 7) is 2.72. The van der Waals surface area contributed by atoms with Gasteiger partial charge in [0.05, 0.1) is 12.9 Å². The van der Waals surface area contributed by atoms with Crippen molar-refractivity contribution in [1.29, 1.82) is 0 Å². The van der Waals surface area contributed by atoms with Gasteiger partial charge in [0.2, 0.25) is 10.9 Å². The number of furan rings is 1. The number of ketones is 1. The lowest BCUT2D eigenvalue weighted by atomic mass is 9.45. The number of aliphatic hydroxyl groups is 1. The fourth-order valence-electron chi connectivity index (χ4n) is 7.83. The van der Waals surface area contributed by atoms with Gasteiger partial charge in [-0.05, 0) is 80.1 Å². The lowest BCUT2D eigenvalue weighted by Crippen LogP contribution is -2.66. The molecule has 0 spiro atoms. The quantitative estimate of drug-likeness (QED) is 0.532. The maximum atomic E-state index is 17.3. The van der Waals surface area contributed by atoms with E-state index in [2.05, 4.69) is 0 Å². The van der Waals surface area contributed by atoms with Crippen molar-refractivity contribution in [3.05, 3.63) is 48.0 Å². The number of rotatable bonds is 5. The lowest BCUT2D eigenvalue weighted by molar-refractivity contribution is -0.181. The predicted octanol–water partition coefficient (Wildman–Crippen LogP) is 4.93. The normalized spacial score (nSPS) is 42.4. The Hall–Kier alpha value is -2.33. The number of aliphatic hydroxyl groups excluding tert-OH is 1. The van der Waals surface area contributed by atoms with Crippen LogP contribution < -0.4 is 0 Å². The molecule has 0 aromatic carbocycles. The average molecular weight is 539 g/mol. The molecule has 5 rings (SSSR count). The van der Waals surface area contributed by atoms with E-state index in [1.54, 1.807) is 13.8 Å². The van der Waals surface area contributed by atoms with Crippen LogP contribution >= 0.6 is 11.8 Å². The number of hydrogen-bond donors (Lipinski definition) is 1. The molecule has 8 atom stereocenters. The van der Waals surface area contributed by atoms with Crippen molar-refractivity contribution in [3.63, 3.8) is 0 Å². The van der Waals surface area contributed by atoms with Crippen LogP contribution in [0.1, 0.15) is 50.1 Å². The van der Waals surface area contributed by atoms with Gasteiger partial charge >= 0.3 is 5.97 Å². The predicted molar refractivity (Wildman–Crippen MR) is 129 cm³/mol. The maximum absolute atomic E-state index is 17.3. The Kier molecular flexibility index (Phi) is 6.30. The molecule has 1 N–H and O–H groups in total. The highest BCUT2D eigenvalue weighted by atomic mass is 32.2. The second-order valence-corrected chi connectivity index (χ2v) is 11.9. The smallest absolute Gasteiger partial charge is 0.375 e. The van der Waals surface area contributed by atoms with Crippen molar-refractivity contribution in [2.24, 2.45) is 28.6 Å². The second-order valence-electron chi connectivity index (χ2n) is 11.0. The number of esters is 1. The van der Waals surface area contributed by atoms with E-state index in [1.807, 2.05) is 0 Å². The molecule has 1 aromatic heterocycles. The molecule has 0 aliphatic heterocycles. The summed E-state index contributed by atoms with van der Waals surface area (Å²) in [5, 5.41) is 9.64. The van der Waals surface area contributed by atoms with Gasteiger partial charge in [-0.3, -0.25) is 9.59 Å². The summed E-state index contributed by atoms with van der Waals surface area (Å²) < 4.78 is 57.4. The topological polar surface area (TPSA) is 93.8 Å². The average Bonchev–Trinajstić information content (AvgIpc) is 3.48. The summed E-state index contributed by atoms with van der Waals surface area (Å²) >= 11 is 0.337. The zero-order chi connectivity index (χ0) is 26.8. The van der Waals surface area contributed by atoms with E-state index in [-0.39, 0.29) is 37.0 Å². The Bertz CT molecular complexity index is 1180. The summed E-state index contributed by atoms with van der Waals surface area (Å²) in [5.74, 6) is -4.04. The van der Waals surface area contributed by atoms with Crippen LogP contribution in [0.2, 0.25) is 0 Å². The van der Waals surface area contributed by atoms with Crippen LogP contribution in [0.4, 0.5) is 13.2 Å². The molecule has 0 amide bonds. The Morgan fingerprint density at radius 2 is 2.00 bits per heavy atom. The number of allylic oxidation sites excluding steroid dienone is 4. The zero-order valence-electron chi connectivity index (χ0n) is 20.5. The number of carbonyl (C=O) groups excluding carboxylic acids is 3. The third-order valence-corrected chi connectivity index (χ3v) is 10.4.